The summed E-state index contributed by atoms with van der Waals surface area (Å²) in [6, 6.07) is 0. The molecule has 1 fully saturated rings. The van der Waals surface area contributed by atoms with Gasteiger partial charge in [0.25, 0.3) is 5.92 Å². The summed E-state index contributed by atoms with van der Waals surface area (Å²) < 4.78 is 30.3. The van der Waals surface area contributed by atoms with Crippen LogP contribution in [-0.2, 0) is 4.74 Å². The molecule has 12 heavy (non-hydrogen) atoms. The van der Waals surface area contributed by atoms with Crippen LogP contribution in [0.4, 0.5) is 8.78 Å². The molecule has 1 aliphatic heterocycles. The van der Waals surface area contributed by atoms with Crippen LogP contribution in [0.3, 0.4) is 0 Å². The molecule has 1 unspecified atom stereocenters. The van der Waals surface area contributed by atoms with Crippen LogP contribution in [0.2, 0.25) is 0 Å². The van der Waals surface area contributed by atoms with Crippen LogP contribution in [0.15, 0.2) is 0 Å². The Balaban J connectivity index is 2.28. The second kappa shape index (κ2) is 4.14. The van der Waals surface area contributed by atoms with Gasteiger partial charge in [0, 0.05) is 19.6 Å². The Morgan fingerprint density at radius 2 is 2.25 bits per heavy atom. The van der Waals surface area contributed by atoms with Gasteiger partial charge in [0.2, 0.25) is 0 Å². The highest BCUT2D eigenvalue weighted by Gasteiger charge is 2.32. The lowest BCUT2D eigenvalue weighted by molar-refractivity contribution is -0.0831. The zero-order valence-electron chi connectivity index (χ0n) is 6.93. The van der Waals surface area contributed by atoms with Gasteiger partial charge < -0.3 is 9.84 Å². The summed E-state index contributed by atoms with van der Waals surface area (Å²) in [5.41, 5.74) is 0. The molecule has 1 N–H and O–H groups in total. The lowest BCUT2D eigenvalue weighted by Crippen LogP contribution is -2.29. The van der Waals surface area contributed by atoms with Crippen molar-refractivity contribution in [1.29, 1.82) is 0 Å². The first-order valence-corrected chi connectivity index (χ1v) is 4.20. The molecule has 0 spiro atoms. The minimum Gasteiger partial charge on any atom is -0.390 e. The van der Waals surface area contributed by atoms with E-state index in [0.29, 0.717) is 13.2 Å². The van der Waals surface area contributed by atoms with Gasteiger partial charge in [0.15, 0.2) is 0 Å². The van der Waals surface area contributed by atoms with Crippen molar-refractivity contribution < 1.29 is 18.6 Å². The number of ether oxygens (including phenoxy) is 1. The van der Waals surface area contributed by atoms with E-state index >= 15 is 0 Å². The van der Waals surface area contributed by atoms with Crippen molar-refractivity contribution in [2.24, 2.45) is 5.92 Å². The lowest BCUT2D eigenvalue weighted by Gasteiger charge is -2.25. The summed E-state index contributed by atoms with van der Waals surface area (Å²) in [5.74, 6) is -3.01. The van der Waals surface area contributed by atoms with Crippen LogP contribution in [0.5, 0.6) is 0 Å². The minimum absolute atomic E-state index is 0.0825. The second-order valence-corrected chi connectivity index (χ2v) is 3.30. The molecule has 0 aliphatic carbocycles. The summed E-state index contributed by atoms with van der Waals surface area (Å²) >= 11 is 0. The van der Waals surface area contributed by atoms with Gasteiger partial charge in [-0.15, -0.1) is 0 Å². The fourth-order valence-corrected chi connectivity index (χ4v) is 1.46. The quantitative estimate of drug-likeness (QED) is 0.712. The number of alkyl halides is 2. The zero-order valence-corrected chi connectivity index (χ0v) is 6.93. The number of hydrogen-bond donors (Lipinski definition) is 1. The fourth-order valence-electron chi connectivity index (χ4n) is 1.46. The van der Waals surface area contributed by atoms with Crippen LogP contribution < -0.4 is 0 Å². The highest BCUT2D eigenvalue weighted by Crippen LogP contribution is 2.27. The van der Waals surface area contributed by atoms with E-state index in [0.717, 1.165) is 12.8 Å². The number of rotatable bonds is 3. The maximum Gasteiger partial charge on any atom is 0.271 e. The first-order chi connectivity index (χ1) is 5.64. The Morgan fingerprint density at radius 3 is 2.75 bits per heavy atom. The lowest BCUT2D eigenvalue weighted by atomic mass is 9.95. The number of hydrogen-bond acceptors (Lipinski definition) is 2. The molecule has 1 atom stereocenters. The molecule has 0 radical (unpaired) electrons. The van der Waals surface area contributed by atoms with Gasteiger partial charge >= 0.3 is 0 Å². The van der Waals surface area contributed by atoms with E-state index in [-0.39, 0.29) is 12.3 Å². The predicted molar refractivity (Wildman–Crippen MR) is 40.2 cm³/mol. The summed E-state index contributed by atoms with van der Waals surface area (Å²) in [5, 5.41) is 8.33. The van der Waals surface area contributed by atoms with Gasteiger partial charge in [0.1, 0.15) is 6.61 Å². The van der Waals surface area contributed by atoms with Crippen molar-refractivity contribution in [3.8, 4) is 0 Å². The topological polar surface area (TPSA) is 29.5 Å². The maximum absolute atomic E-state index is 12.6. The van der Waals surface area contributed by atoms with E-state index in [9.17, 15) is 8.78 Å². The van der Waals surface area contributed by atoms with E-state index in [1.165, 1.54) is 0 Å². The molecular formula is C8H14F2O2. The van der Waals surface area contributed by atoms with Crippen molar-refractivity contribution >= 4 is 0 Å². The summed E-state index contributed by atoms with van der Waals surface area (Å²) in [7, 11) is 0. The Kier molecular flexibility index (Phi) is 3.40. The molecule has 0 aromatic carbocycles. The molecular weight excluding hydrogens is 166 g/mol. The molecule has 72 valence electrons. The standard InChI is InChI=1S/C8H14F2O2/c9-8(10,6-11)4-7-2-1-3-12-5-7/h7,11H,1-6H2. The van der Waals surface area contributed by atoms with Crippen LogP contribution in [0, 0.1) is 5.92 Å². The van der Waals surface area contributed by atoms with Crippen molar-refractivity contribution in [3.05, 3.63) is 0 Å². The van der Waals surface area contributed by atoms with Crippen LogP contribution in [-0.4, -0.2) is 30.8 Å². The highest BCUT2D eigenvalue weighted by molar-refractivity contribution is 4.72. The zero-order chi connectivity index (χ0) is 9.03. The summed E-state index contributed by atoms with van der Waals surface area (Å²) in [6.07, 6.45) is 1.39. The molecule has 1 saturated heterocycles. The molecule has 0 aromatic heterocycles. The molecule has 1 aliphatic rings. The van der Waals surface area contributed by atoms with Crippen LogP contribution in [0.1, 0.15) is 19.3 Å². The van der Waals surface area contributed by atoms with E-state index in [1.807, 2.05) is 0 Å². The number of aliphatic hydroxyl groups excluding tert-OH is 1. The van der Waals surface area contributed by atoms with E-state index in [2.05, 4.69) is 0 Å². The highest BCUT2D eigenvalue weighted by atomic mass is 19.3. The van der Waals surface area contributed by atoms with E-state index in [1.54, 1.807) is 0 Å². The number of halogens is 2. The van der Waals surface area contributed by atoms with Crippen LogP contribution in [0.25, 0.3) is 0 Å². The largest absolute Gasteiger partial charge is 0.390 e. The monoisotopic (exact) mass is 180 g/mol. The average molecular weight is 180 g/mol. The Hall–Kier alpha value is -0.220. The van der Waals surface area contributed by atoms with Crippen LogP contribution >= 0.6 is 0 Å². The van der Waals surface area contributed by atoms with Gasteiger partial charge in [-0.05, 0) is 18.8 Å². The van der Waals surface area contributed by atoms with Crippen molar-refractivity contribution in [3.63, 3.8) is 0 Å². The molecule has 4 heteroatoms. The van der Waals surface area contributed by atoms with Crippen molar-refractivity contribution in [1.82, 2.24) is 0 Å². The Labute approximate surface area is 70.5 Å². The van der Waals surface area contributed by atoms with Gasteiger partial charge in [-0.25, -0.2) is 8.78 Å². The molecule has 2 nitrogen and oxygen atoms in total. The molecule has 0 bridgehead atoms. The third kappa shape index (κ3) is 3.03. The smallest absolute Gasteiger partial charge is 0.271 e. The first-order valence-electron chi connectivity index (χ1n) is 4.20. The first kappa shape index (κ1) is 9.86. The van der Waals surface area contributed by atoms with Gasteiger partial charge in [-0.1, -0.05) is 0 Å². The normalized spacial score (nSPS) is 25.8. The maximum atomic E-state index is 12.6. The Bertz CT molecular complexity index is 133. The second-order valence-electron chi connectivity index (χ2n) is 3.30. The summed E-state index contributed by atoms with van der Waals surface area (Å²) in [4.78, 5) is 0. The third-order valence-corrected chi connectivity index (χ3v) is 2.07. The number of aliphatic hydroxyl groups is 1. The van der Waals surface area contributed by atoms with Gasteiger partial charge in [-0.3, -0.25) is 0 Å². The summed E-state index contributed by atoms with van der Waals surface area (Å²) in [6.45, 7) is 0.0420. The SMILES string of the molecule is OCC(F)(F)CC1CCCOC1. The molecule has 1 rings (SSSR count). The van der Waals surface area contributed by atoms with Crippen molar-refractivity contribution in [2.45, 2.75) is 25.2 Å². The molecule has 0 amide bonds. The van der Waals surface area contributed by atoms with Crippen molar-refractivity contribution in [2.75, 3.05) is 19.8 Å². The molecule has 0 saturated carbocycles. The third-order valence-electron chi connectivity index (χ3n) is 2.07. The average Bonchev–Trinajstić information content (AvgIpc) is 2.06. The van der Waals surface area contributed by atoms with E-state index < -0.39 is 12.5 Å². The van der Waals surface area contributed by atoms with Gasteiger partial charge in [-0.2, -0.15) is 0 Å². The molecule has 1 heterocycles. The Morgan fingerprint density at radius 1 is 1.50 bits per heavy atom. The molecule has 0 aromatic rings. The fraction of sp³-hybridized carbons (Fsp3) is 1.00. The van der Waals surface area contributed by atoms with E-state index in [4.69, 9.17) is 9.84 Å². The van der Waals surface area contributed by atoms with Gasteiger partial charge in [0.05, 0.1) is 0 Å². The minimum atomic E-state index is -2.93. The predicted octanol–water partition coefficient (Wildman–Crippen LogP) is 1.43.